The van der Waals surface area contributed by atoms with Gasteiger partial charge in [0.25, 0.3) is 0 Å². The minimum atomic E-state index is -0.755. The lowest BCUT2D eigenvalue weighted by Gasteiger charge is -2.10. The van der Waals surface area contributed by atoms with E-state index in [-0.39, 0.29) is 12.5 Å². The van der Waals surface area contributed by atoms with Crippen molar-refractivity contribution in [2.75, 3.05) is 6.54 Å². The van der Waals surface area contributed by atoms with Crippen molar-refractivity contribution >= 4 is 5.97 Å². The van der Waals surface area contributed by atoms with Crippen LogP contribution in [0.4, 0.5) is 0 Å². The van der Waals surface area contributed by atoms with Crippen LogP contribution in [0.3, 0.4) is 0 Å². The zero-order valence-electron chi connectivity index (χ0n) is 8.94. The summed E-state index contributed by atoms with van der Waals surface area (Å²) in [5, 5.41) is 11.7. The smallest absolute Gasteiger partial charge is 0.304 e. The van der Waals surface area contributed by atoms with Gasteiger partial charge in [-0.15, -0.1) is 0 Å². The van der Waals surface area contributed by atoms with E-state index in [9.17, 15) is 4.79 Å². The van der Waals surface area contributed by atoms with Crippen LogP contribution in [0.5, 0.6) is 0 Å². The van der Waals surface area contributed by atoms with Crippen molar-refractivity contribution < 1.29 is 9.90 Å². The van der Waals surface area contributed by atoms with Gasteiger partial charge in [-0.1, -0.05) is 30.3 Å². The number of hydrogen-bond donors (Lipinski definition) is 2. The maximum Gasteiger partial charge on any atom is 0.304 e. The molecule has 0 aromatic heterocycles. The summed E-state index contributed by atoms with van der Waals surface area (Å²) in [6, 6.07) is 10.2. The Morgan fingerprint density at radius 2 is 2.07 bits per heavy atom. The lowest BCUT2D eigenvalue weighted by atomic mass is 10.1. The molecule has 0 aliphatic rings. The number of carbonyl (C=O) groups is 1. The number of benzene rings is 1. The highest BCUT2D eigenvalue weighted by Gasteiger charge is 2.05. The summed E-state index contributed by atoms with van der Waals surface area (Å²) in [5.74, 6) is -0.755. The van der Waals surface area contributed by atoms with Crippen LogP contribution in [0, 0.1) is 0 Å². The summed E-state index contributed by atoms with van der Waals surface area (Å²) in [4.78, 5) is 10.4. The second-order valence-corrected chi connectivity index (χ2v) is 3.69. The zero-order valence-corrected chi connectivity index (χ0v) is 8.94. The Balaban J connectivity index is 2.19. The van der Waals surface area contributed by atoms with E-state index in [1.54, 1.807) is 0 Å². The summed E-state index contributed by atoms with van der Waals surface area (Å²) < 4.78 is 0. The molecular weight excluding hydrogens is 190 g/mol. The van der Waals surface area contributed by atoms with Crippen molar-refractivity contribution in [3.05, 3.63) is 35.9 Å². The Hall–Kier alpha value is -1.35. The molecule has 0 saturated heterocycles. The molecule has 2 N–H and O–H groups in total. The molecule has 82 valence electrons. The summed E-state index contributed by atoms with van der Waals surface area (Å²) in [7, 11) is 0. The Morgan fingerprint density at radius 1 is 1.40 bits per heavy atom. The van der Waals surface area contributed by atoms with Crippen LogP contribution >= 0.6 is 0 Å². The number of carboxylic acid groups (broad SMARTS) is 1. The van der Waals surface area contributed by atoms with Crippen molar-refractivity contribution in [2.45, 2.75) is 25.8 Å². The van der Waals surface area contributed by atoms with Gasteiger partial charge in [-0.2, -0.15) is 0 Å². The first-order valence-electron chi connectivity index (χ1n) is 5.17. The zero-order chi connectivity index (χ0) is 11.1. The van der Waals surface area contributed by atoms with E-state index < -0.39 is 5.97 Å². The highest BCUT2D eigenvalue weighted by atomic mass is 16.4. The number of hydrogen-bond acceptors (Lipinski definition) is 2. The van der Waals surface area contributed by atoms with E-state index in [0.717, 1.165) is 13.0 Å². The second-order valence-electron chi connectivity index (χ2n) is 3.69. The second kappa shape index (κ2) is 6.19. The van der Waals surface area contributed by atoms with Gasteiger partial charge >= 0.3 is 5.97 Å². The van der Waals surface area contributed by atoms with Crippen molar-refractivity contribution in [3.8, 4) is 0 Å². The lowest BCUT2D eigenvalue weighted by Crippen LogP contribution is -2.30. The molecule has 3 heteroatoms. The largest absolute Gasteiger partial charge is 0.481 e. The summed E-state index contributed by atoms with van der Waals surface area (Å²) >= 11 is 0. The molecule has 0 heterocycles. The van der Waals surface area contributed by atoms with E-state index in [1.807, 2.05) is 25.1 Å². The molecule has 1 aromatic carbocycles. The predicted molar refractivity (Wildman–Crippen MR) is 59.9 cm³/mol. The normalized spacial score (nSPS) is 12.3. The average Bonchev–Trinajstić information content (AvgIpc) is 2.18. The van der Waals surface area contributed by atoms with Gasteiger partial charge in [-0.05, 0) is 25.5 Å². The molecule has 0 radical (unpaired) electrons. The molecule has 3 nitrogen and oxygen atoms in total. The van der Waals surface area contributed by atoms with Gasteiger partial charge in [-0.3, -0.25) is 4.79 Å². The maximum atomic E-state index is 10.4. The first-order valence-corrected chi connectivity index (χ1v) is 5.17. The van der Waals surface area contributed by atoms with E-state index in [2.05, 4.69) is 17.4 Å². The molecular formula is C12H17NO2. The van der Waals surface area contributed by atoms with Crippen molar-refractivity contribution in [3.63, 3.8) is 0 Å². The fraction of sp³-hybridized carbons (Fsp3) is 0.417. The molecule has 0 aliphatic heterocycles. The molecule has 1 rings (SSSR count). The fourth-order valence-corrected chi connectivity index (χ4v) is 1.44. The van der Waals surface area contributed by atoms with Gasteiger partial charge in [0.05, 0.1) is 6.42 Å². The first-order chi connectivity index (χ1) is 7.18. The Morgan fingerprint density at radius 3 is 2.67 bits per heavy atom. The van der Waals surface area contributed by atoms with Crippen LogP contribution in [0.25, 0.3) is 0 Å². The Labute approximate surface area is 90.1 Å². The third-order valence-corrected chi connectivity index (χ3v) is 2.23. The van der Waals surface area contributed by atoms with E-state index in [1.165, 1.54) is 5.56 Å². The maximum absolute atomic E-state index is 10.4. The number of aliphatic carboxylic acids is 1. The highest BCUT2D eigenvalue weighted by molar-refractivity contribution is 5.67. The summed E-state index contributed by atoms with van der Waals surface area (Å²) in [5.41, 5.74) is 1.27. The molecule has 0 spiro atoms. The van der Waals surface area contributed by atoms with Crippen molar-refractivity contribution in [1.82, 2.24) is 5.32 Å². The molecule has 0 saturated carbocycles. The topological polar surface area (TPSA) is 49.3 Å². The Bertz CT molecular complexity index is 298. The predicted octanol–water partition coefficient (Wildman–Crippen LogP) is 1.68. The van der Waals surface area contributed by atoms with Gasteiger partial charge in [0.1, 0.15) is 0 Å². The molecule has 15 heavy (non-hydrogen) atoms. The monoisotopic (exact) mass is 207 g/mol. The Kier molecular flexibility index (Phi) is 4.84. The number of carboxylic acids is 1. The molecule has 0 fully saturated rings. The van der Waals surface area contributed by atoms with Crippen LogP contribution in [-0.4, -0.2) is 23.7 Å². The quantitative estimate of drug-likeness (QED) is 0.746. The van der Waals surface area contributed by atoms with Gasteiger partial charge in [-0.25, -0.2) is 0 Å². The molecule has 1 atom stereocenters. The average molecular weight is 207 g/mol. The third kappa shape index (κ3) is 5.18. The van der Waals surface area contributed by atoms with Crippen LogP contribution in [0.1, 0.15) is 18.9 Å². The fourth-order valence-electron chi connectivity index (χ4n) is 1.44. The molecule has 1 aromatic rings. The number of nitrogens with one attached hydrogen (secondary N) is 1. The highest BCUT2D eigenvalue weighted by Crippen LogP contribution is 1.99. The number of rotatable bonds is 6. The first kappa shape index (κ1) is 11.7. The lowest BCUT2D eigenvalue weighted by molar-refractivity contribution is -0.137. The van der Waals surface area contributed by atoms with E-state index >= 15 is 0 Å². The molecule has 0 amide bonds. The van der Waals surface area contributed by atoms with Gasteiger partial charge in [0, 0.05) is 6.04 Å². The summed E-state index contributed by atoms with van der Waals surface area (Å²) in [6.45, 7) is 2.71. The minimum Gasteiger partial charge on any atom is -0.481 e. The van der Waals surface area contributed by atoms with Gasteiger partial charge in [0.15, 0.2) is 0 Å². The van der Waals surface area contributed by atoms with Crippen molar-refractivity contribution in [2.24, 2.45) is 0 Å². The molecule has 0 aliphatic carbocycles. The van der Waals surface area contributed by atoms with Crippen molar-refractivity contribution in [1.29, 1.82) is 0 Å². The van der Waals surface area contributed by atoms with Crippen LogP contribution in [0.15, 0.2) is 30.3 Å². The van der Waals surface area contributed by atoms with Crippen LogP contribution < -0.4 is 5.32 Å². The minimum absolute atomic E-state index is 0.0335. The van der Waals surface area contributed by atoms with Gasteiger partial charge in [0.2, 0.25) is 0 Å². The van der Waals surface area contributed by atoms with E-state index in [0.29, 0.717) is 0 Å². The van der Waals surface area contributed by atoms with Gasteiger partial charge < -0.3 is 10.4 Å². The molecule has 0 bridgehead atoms. The molecule has 1 unspecified atom stereocenters. The van der Waals surface area contributed by atoms with Crippen LogP contribution in [-0.2, 0) is 11.2 Å². The SMILES string of the molecule is CC(CC(=O)O)NCCc1ccccc1. The van der Waals surface area contributed by atoms with Crippen LogP contribution in [0.2, 0.25) is 0 Å². The van der Waals surface area contributed by atoms with E-state index in [4.69, 9.17) is 5.11 Å². The summed E-state index contributed by atoms with van der Waals surface area (Å²) in [6.07, 6.45) is 1.11. The third-order valence-electron chi connectivity index (χ3n) is 2.23. The standard InChI is InChI=1S/C12H17NO2/c1-10(9-12(14)15)13-8-7-11-5-3-2-4-6-11/h2-6,10,13H,7-9H2,1H3,(H,14,15).